The van der Waals surface area contributed by atoms with Crippen molar-refractivity contribution in [3.63, 3.8) is 0 Å². The third-order valence-electron chi connectivity index (χ3n) is 6.53. The van der Waals surface area contributed by atoms with Gasteiger partial charge in [-0.2, -0.15) is 0 Å². The molecule has 0 bridgehead atoms. The molecule has 0 saturated carbocycles. The van der Waals surface area contributed by atoms with Gasteiger partial charge in [-0.15, -0.1) is 0 Å². The molecule has 1 atom stereocenters. The second kappa shape index (κ2) is 8.48. The number of fused-ring (bicyclic) bond motifs is 4. The zero-order valence-corrected chi connectivity index (χ0v) is 18.7. The van der Waals surface area contributed by atoms with Gasteiger partial charge in [-0.3, -0.25) is 4.90 Å². The number of ether oxygens (including phenoxy) is 2. The molecule has 7 heteroatoms. The van der Waals surface area contributed by atoms with E-state index in [1.807, 2.05) is 48.5 Å². The summed E-state index contributed by atoms with van der Waals surface area (Å²) in [5.74, 6) is 1.50. The molecule has 1 fully saturated rings. The Bertz CT molecular complexity index is 1110. The van der Waals surface area contributed by atoms with E-state index in [1.54, 1.807) is 14.1 Å². The molecule has 1 spiro atoms. The molecule has 0 aliphatic carbocycles. The van der Waals surface area contributed by atoms with Crippen molar-refractivity contribution in [1.29, 1.82) is 0 Å². The van der Waals surface area contributed by atoms with Gasteiger partial charge in [0.25, 0.3) is 0 Å². The molecule has 1 amide bonds. The van der Waals surface area contributed by atoms with Crippen molar-refractivity contribution in [3.8, 4) is 11.5 Å². The minimum Gasteiger partial charge on any atom is -0.492 e. The quantitative estimate of drug-likeness (QED) is 0.645. The van der Waals surface area contributed by atoms with Gasteiger partial charge in [0.2, 0.25) is 0 Å². The fourth-order valence-corrected chi connectivity index (χ4v) is 4.90. The van der Waals surface area contributed by atoms with Crippen LogP contribution in [0.4, 0.5) is 4.79 Å². The number of rotatable bonds is 5. The van der Waals surface area contributed by atoms with Crippen molar-refractivity contribution >= 4 is 17.0 Å². The Balaban J connectivity index is 1.32. The topological polar surface area (TPSA) is 69.8 Å². The first-order valence-corrected chi connectivity index (χ1v) is 11.2. The number of hydrogen-bond acceptors (Lipinski definition) is 5. The van der Waals surface area contributed by atoms with E-state index in [2.05, 4.69) is 15.2 Å². The number of nitrogens with zero attached hydrogens (tertiary/aromatic N) is 2. The third kappa shape index (κ3) is 3.94. The van der Waals surface area contributed by atoms with Gasteiger partial charge in [0.15, 0.2) is 0 Å². The van der Waals surface area contributed by atoms with Gasteiger partial charge in [0.05, 0.1) is 5.54 Å². The molecule has 2 aromatic carbocycles. The number of para-hydroxylation sites is 1. The van der Waals surface area contributed by atoms with Crippen LogP contribution < -0.4 is 14.8 Å². The highest BCUT2D eigenvalue weighted by atomic mass is 16.6. The van der Waals surface area contributed by atoms with Crippen LogP contribution in [0.3, 0.4) is 0 Å². The Morgan fingerprint density at radius 3 is 2.81 bits per heavy atom. The van der Waals surface area contributed by atoms with Gasteiger partial charge in [0.1, 0.15) is 18.1 Å². The number of nitrogens with one attached hydrogen (secondary N) is 2. The van der Waals surface area contributed by atoms with Crippen LogP contribution in [0.15, 0.2) is 48.5 Å². The zero-order valence-electron chi connectivity index (χ0n) is 18.7. The van der Waals surface area contributed by atoms with Gasteiger partial charge in [-0.25, -0.2) is 4.79 Å². The first-order chi connectivity index (χ1) is 15.5. The van der Waals surface area contributed by atoms with Crippen LogP contribution in [0.25, 0.3) is 10.9 Å². The predicted molar refractivity (Wildman–Crippen MR) is 124 cm³/mol. The van der Waals surface area contributed by atoms with E-state index in [-0.39, 0.29) is 11.6 Å². The summed E-state index contributed by atoms with van der Waals surface area (Å²) in [6, 6.07) is 15.8. The zero-order chi connectivity index (χ0) is 22.1. The molecule has 7 nitrogen and oxygen atoms in total. The molecule has 168 valence electrons. The summed E-state index contributed by atoms with van der Waals surface area (Å²) >= 11 is 0. The number of carbonyl (C=O) groups is 1. The van der Waals surface area contributed by atoms with Crippen LogP contribution in [0.1, 0.15) is 17.7 Å². The monoisotopic (exact) mass is 434 g/mol. The lowest BCUT2D eigenvalue weighted by Gasteiger charge is -2.35. The normalized spacial score (nSPS) is 20.4. The summed E-state index contributed by atoms with van der Waals surface area (Å²) in [6.07, 6.45) is 1.65. The number of carbonyl (C=O) groups excluding carboxylic acids is 1. The average Bonchev–Trinajstić information content (AvgIpc) is 3.37. The molecule has 0 radical (unpaired) electrons. The van der Waals surface area contributed by atoms with Gasteiger partial charge in [-0.05, 0) is 48.7 Å². The molecular weight excluding hydrogens is 404 g/mol. The third-order valence-corrected chi connectivity index (χ3v) is 6.53. The molecular formula is C25H30N4O3. The lowest BCUT2D eigenvalue weighted by atomic mass is 9.86. The highest BCUT2D eigenvalue weighted by Gasteiger charge is 2.44. The Hall–Kier alpha value is -3.03. The average molecular weight is 435 g/mol. The summed E-state index contributed by atoms with van der Waals surface area (Å²) in [6.45, 7) is 4.51. The molecule has 5 rings (SSSR count). The molecule has 1 saturated heterocycles. The molecule has 3 heterocycles. The van der Waals surface area contributed by atoms with E-state index in [0.717, 1.165) is 55.7 Å². The lowest BCUT2D eigenvalue weighted by Crippen LogP contribution is -2.49. The summed E-state index contributed by atoms with van der Waals surface area (Å²) in [5, 5.41) is 4.95. The van der Waals surface area contributed by atoms with Crippen molar-refractivity contribution in [1.82, 2.24) is 20.1 Å². The lowest BCUT2D eigenvalue weighted by molar-refractivity contribution is 0.172. The highest BCUT2D eigenvalue weighted by Crippen LogP contribution is 2.40. The number of likely N-dealkylation sites (tertiary alicyclic amines) is 1. The molecule has 1 aromatic heterocycles. The van der Waals surface area contributed by atoms with E-state index in [0.29, 0.717) is 12.4 Å². The smallest absolute Gasteiger partial charge is 0.414 e. The number of aromatic nitrogens is 1. The molecule has 2 aliphatic heterocycles. The Labute approximate surface area is 188 Å². The van der Waals surface area contributed by atoms with Crippen LogP contribution in [0, 0.1) is 0 Å². The maximum atomic E-state index is 12.0. The second-order valence-corrected chi connectivity index (χ2v) is 8.89. The summed E-state index contributed by atoms with van der Waals surface area (Å²) in [4.78, 5) is 19.6. The van der Waals surface area contributed by atoms with E-state index < -0.39 is 0 Å². The maximum absolute atomic E-state index is 12.0. The van der Waals surface area contributed by atoms with Crippen LogP contribution in [-0.4, -0.2) is 67.8 Å². The predicted octanol–water partition coefficient (Wildman–Crippen LogP) is 3.35. The first kappa shape index (κ1) is 20.8. The first-order valence-electron chi connectivity index (χ1n) is 11.2. The number of benzene rings is 2. The van der Waals surface area contributed by atoms with Crippen molar-refractivity contribution in [3.05, 3.63) is 59.8 Å². The van der Waals surface area contributed by atoms with Crippen molar-refractivity contribution in [2.45, 2.75) is 18.4 Å². The molecule has 32 heavy (non-hydrogen) atoms. The standard InChI is InChI=1S/C25H30N4O3/c1-28(2)24(30)32-19-8-9-22-21(16-19)20-10-12-26-25(23(20)27-22)11-13-29(17-25)14-15-31-18-6-4-3-5-7-18/h3-9,16,26-27H,10-15,17H2,1-2H3. The Morgan fingerprint density at radius 2 is 2.00 bits per heavy atom. The van der Waals surface area contributed by atoms with Crippen LogP contribution in [0.2, 0.25) is 0 Å². The molecule has 1 unspecified atom stereocenters. The van der Waals surface area contributed by atoms with Crippen LogP contribution >= 0.6 is 0 Å². The van der Waals surface area contributed by atoms with Crippen molar-refractivity contribution in [2.24, 2.45) is 0 Å². The van der Waals surface area contributed by atoms with Gasteiger partial charge in [-0.1, -0.05) is 18.2 Å². The van der Waals surface area contributed by atoms with E-state index in [1.165, 1.54) is 16.2 Å². The van der Waals surface area contributed by atoms with Crippen molar-refractivity contribution in [2.75, 3.05) is 46.9 Å². The summed E-state index contributed by atoms with van der Waals surface area (Å²) in [5.41, 5.74) is 3.64. The van der Waals surface area contributed by atoms with Gasteiger partial charge in [0, 0.05) is 56.9 Å². The minimum absolute atomic E-state index is 0.0696. The van der Waals surface area contributed by atoms with E-state index in [9.17, 15) is 4.79 Å². The fourth-order valence-electron chi connectivity index (χ4n) is 4.90. The molecule has 3 aromatic rings. The summed E-state index contributed by atoms with van der Waals surface area (Å²) in [7, 11) is 3.37. The van der Waals surface area contributed by atoms with Crippen LogP contribution in [-0.2, 0) is 12.0 Å². The van der Waals surface area contributed by atoms with Gasteiger partial charge < -0.3 is 24.7 Å². The second-order valence-electron chi connectivity index (χ2n) is 8.89. The highest BCUT2D eigenvalue weighted by molar-refractivity contribution is 5.87. The SMILES string of the molecule is CN(C)C(=O)Oc1ccc2[nH]c3c(c2c1)CCNC31CCN(CCOc2ccccc2)C1. The van der Waals surface area contributed by atoms with Crippen molar-refractivity contribution < 1.29 is 14.3 Å². The number of amides is 1. The summed E-state index contributed by atoms with van der Waals surface area (Å²) < 4.78 is 11.4. The van der Waals surface area contributed by atoms with E-state index >= 15 is 0 Å². The number of hydrogen-bond donors (Lipinski definition) is 2. The molecule has 2 aliphatic rings. The molecule has 2 N–H and O–H groups in total. The Kier molecular flexibility index (Phi) is 5.53. The fraction of sp³-hybridized carbons (Fsp3) is 0.400. The maximum Gasteiger partial charge on any atom is 0.414 e. The number of H-pyrrole nitrogens is 1. The Morgan fingerprint density at radius 1 is 1.16 bits per heavy atom. The number of aromatic amines is 1. The van der Waals surface area contributed by atoms with Gasteiger partial charge >= 0.3 is 6.09 Å². The minimum atomic E-state index is -0.365. The van der Waals surface area contributed by atoms with Crippen LogP contribution in [0.5, 0.6) is 11.5 Å². The largest absolute Gasteiger partial charge is 0.492 e. The van der Waals surface area contributed by atoms with E-state index in [4.69, 9.17) is 9.47 Å².